The van der Waals surface area contributed by atoms with Gasteiger partial charge in [-0.25, -0.2) is 0 Å². The minimum atomic E-state index is 0.304. The fraction of sp³-hybridized carbons (Fsp3) is 0.692. The summed E-state index contributed by atoms with van der Waals surface area (Å²) >= 11 is 0. The van der Waals surface area contributed by atoms with Gasteiger partial charge in [0.05, 0.1) is 0 Å². The Hall–Kier alpha value is -0.800. The van der Waals surface area contributed by atoms with Crippen LogP contribution in [0.1, 0.15) is 32.4 Å². The van der Waals surface area contributed by atoms with Gasteiger partial charge in [-0.15, -0.1) is 0 Å². The fourth-order valence-corrected chi connectivity index (χ4v) is 1.80. The molecular weight excluding hydrogens is 200 g/mol. The molecule has 1 heterocycles. The third kappa shape index (κ3) is 4.37. The van der Waals surface area contributed by atoms with Crippen molar-refractivity contribution in [3.63, 3.8) is 0 Å². The predicted molar refractivity (Wildman–Crippen MR) is 67.3 cm³/mol. The molecule has 1 unspecified atom stereocenters. The van der Waals surface area contributed by atoms with E-state index < -0.39 is 0 Å². The highest BCUT2D eigenvalue weighted by Crippen LogP contribution is 2.04. The van der Waals surface area contributed by atoms with E-state index in [9.17, 15) is 0 Å². The smallest absolute Gasteiger partial charge is 0.0456 e. The molecule has 0 amide bonds. The lowest BCUT2D eigenvalue weighted by Crippen LogP contribution is -2.18. The van der Waals surface area contributed by atoms with Gasteiger partial charge in [0.1, 0.15) is 0 Å². The first-order valence-corrected chi connectivity index (χ1v) is 6.23. The van der Waals surface area contributed by atoms with Gasteiger partial charge in [-0.2, -0.15) is 0 Å². The molecule has 1 aromatic heterocycles. The normalized spacial score (nSPS) is 12.9. The maximum absolute atomic E-state index is 8.89. The van der Waals surface area contributed by atoms with Crippen LogP contribution in [0.25, 0.3) is 0 Å². The molecule has 3 nitrogen and oxygen atoms in total. The van der Waals surface area contributed by atoms with E-state index in [0.29, 0.717) is 12.5 Å². The summed E-state index contributed by atoms with van der Waals surface area (Å²) in [6.07, 6.45) is 4.34. The Labute approximate surface area is 98.5 Å². The van der Waals surface area contributed by atoms with Crippen molar-refractivity contribution < 1.29 is 5.11 Å². The van der Waals surface area contributed by atoms with E-state index in [1.165, 1.54) is 5.69 Å². The van der Waals surface area contributed by atoms with Crippen LogP contribution in [-0.4, -0.2) is 22.8 Å². The lowest BCUT2D eigenvalue weighted by Gasteiger charge is -2.09. The number of rotatable bonds is 8. The Morgan fingerprint density at radius 2 is 2.31 bits per heavy atom. The van der Waals surface area contributed by atoms with Gasteiger partial charge in [0.15, 0.2) is 0 Å². The molecule has 0 saturated heterocycles. The van der Waals surface area contributed by atoms with E-state index in [0.717, 1.165) is 32.5 Å². The molecule has 0 fully saturated rings. The fourth-order valence-electron chi connectivity index (χ4n) is 1.80. The van der Waals surface area contributed by atoms with Crippen molar-refractivity contribution >= 4 is 0 Å². The number of aliphatic hydroxyl groups excluding tert-OH is 1. The molecule has 1 rings (SSSR count). The SMILES string of the molecule is CCn1cccc1CNCCCC(C)CO. The van der Waals surface area contributed by atoms with Crippen molar-refractivity contribution in [1.82, 2.24) is 9.88 Å². The van der Waals surface area contributed by atoms with E-state index in [2.05, 4.69) is 42.1 Å². The summed E-state index contributed by atoms with van der Waals surface area (Å²) in [4.78, 5) is 0. The number of nitrogens with one attached hydrogen (secondary N) is 1. The second kappa shape index (κ2) is 7.47. The van der Waals surface area contributed by atoms with E-state index >= 15 is 0 Å². The summed E-state index contributed by atoms with van der Waals surface area (Å²) in [5.74, 6) is 0.432. The number of aryl methyl sites for hydroxylation is 1. The molecule has 0 spiro atoms. The van der Waals surface area contributed by atoms with Gasteiger partial charge in [-0.1, -0.05) is 6.92 Å². The van der Waals surface area contributed by atoms with Crippen LogP contribution < -0.4 is 5.32 Å². The Bertz CT molecular complexity index is 283. The van der Waals surface area contributed by atoms with E-state index in [4.69, 9.17) is 5.11 Å². The van der Waals surface area contributed by atoms with Gasteiger partial charge >= 0.3 is 0 Å². The molecule has 1 aromatic rings. The van der Waals surface area contributed by atoms with Crippen molar-refractivity contribution in [3.8, 4) is 0 Å². The highest BCUT2D eigenvalue weighted by atomic mass is 16.3. The molecule has 92 valence electrons. The van der Waals surface area contributed by atoms with Gasteiger partial charge in [0.25, 0.3) is 0 Å². The Balaban J connectivity index is 2.11. The summed E-state index contributed by atoms with van der Waals surface area (Å²) in [5.41, 5.74) is 1.35. The minimum absolute atomic E-state index is 0.304. The number of aliphatic hydroxyl groups is 1. The largest absolute Gasteiger partial charge is 0.396 e. The molecule has 0 aliphatic heterocycles. The first-order valence-electron chi connectivity index (χ1n) is 6.23. The third-order valence-corrected chi connectivity index (χ3v) is 2.93. The quantitative estimate of drug-likeness (QED) is 0.663. The minimum Gasteiger partial charge on any atom is -0.396 e. The molecule has 0 aliphatic rings. The second-order valence-electron chi connectivity index (χ2n) is 4.39. The average Bonchev–Trinajstić information content (AvgIpc) is 2.75. The molecule has 0 radical (unpaired) electrons. The first kappa shape index (κ1) is 13.3. The molecule has 1 atom stereocenters. The molecule has 16 heavy (non-hydrogen) atoms. The maximum Gasteiger partial charge on any atom is 0.0456 e. The predicted octanol–water partition coefficient (Wildman–Crippen LogP) is 2.01. The van der Waals surface area contributed by atoms with Gasteiger partial charge in [0, 0.05) is 31.6 Å². The number of hydrogen-bond donors (Lipinski definition) is 2. The topological polar surface area (TPSA) is 37.2 Å². The highest BCUT2D eigenvalue weighted by molar-refractivity contribution is 5.06. The number of hydrogen-bond acceptors (Lipinski definition) is 2. The molecule has 3 heteroatoms. The molecular formula is C13H24N2O. The first-order chi connectivity index (χ1) is 7.77. The molecule has 0 bridgehead atoms. The number of nitrogens with zero attached hydrogens (tertiary/aromatic N) is 1. The van der Waals surface area contributed by atoms with Crippen LogP contribution in [0.15, 0.2) is 18.3 Å². The average molecular weight is 224 g/mol. The van der Waals surface area contributed by atoms with Crippen molar-refractivity contribution in [2.24, 2.45) is 5.92 Å². The second-order valence-corrected chi connectivity index (χ2v) is 4.39. The van der Waals surface area contributed by atoms with Gasteiger partial charge < -0.3 is 15.0 Å². The monoisotopic (exact) mass is 224 g/mol. The van der Waals surface area contributed by atoms with Crippen molar-refractivity contribution in [2.45, 2.75) is 39.8 Å². The lowest BCUT2D eigenvalue weighted by atomic mass is 10.1. The van der Waals surface area contributed by atoms with Crippen LogP contribution in [0.4, 0.5) is 0 Å². The van der Waals surface area contributed by atoms with Crippen LogP contribution in [0.2, 0.25) is 0 Å². The standard InChI is InChI=1S/C13H24N2O/c1-3-15-9-5-7-13(15)10-14-8-4-6-12(2)11-16/h5,7,9,12,14,16H,3-4,6,8,10-11H2,1-2H3. The van der Waals surface area contributed by atoms with Crippen LogP contribution in [0, 0.1) is 5.92 Å². The Morgan fingerprint density at radius 1 is 1.50 bits per heavy atom. The molecule has 2 N–H and O–H groups in total. The van der Waals surface area contributed by atoms with Crippen molar-refractivity contribution in [3.05, 3.63) is 24.0 Å². The van der Waals surface area contributed by atoms with E-state index in [1.54, 1.807) is 0 Å². The molecule has 0 aromatic carbocycles. The lowest BCUT2D eigenvalue weighted by molar-refractivity contribution is 0.228. The van der Waals surface area contributed by atoms with Crippen molar-refractivity contribution in [1.29, 1.82) is 0 Å². The van der Waals surface area contributed by atoms with Crippen molar-refractivity contribution in [2.75, 3.05) is 13.2 Å². The molecule has 0 aliphatic carbocycles. The zero-order chi connectivity index (χ0) is 11.8. The van der Waals surface area contributed by atoms with E-state index in [-0.39, 0.29) is 0 Å². The molecule has 0 saturated carbocycles. The Morgan fingerprint density at radius 3 is 3.00 bits per heavy atom. The van der Waals surface area contributed by atoms with Crippen LogP contribution in [0.5, 0.6) is 0 Å². The summed E-state index contributed by atoms with van der Waals surface area (Å²) in [7, 11) is 0. The maximum atomic E-state index is 8.89. The number of aromatic nitrogens is 1. The zero-order valence-corrected chi connectivity index (χ0v) is 10.4. The van der Waals surface area contributed by atoms with Gasteiger partial charge in [-0.3, -0.25) is 0 Å². The summed E-state index contributed by atoms with van der Waals surface area (Å²) < 4.78 is 2.25. The third-order valence-electron chi connectivity index (χ3n) is 2.93. The summed E-state index contributed by atoms with van der Waals surface area (Å²) in [5, 5.41) is 12.3. The van der Waals surface area contributed by atoms with Crippen LogP contribution >= 0.6 is 0 Å². The van der Waals surface area contributed by atoms with E-state index in [1.807, 2.05) is 0 Å². The Kier molecular flexibility index (Phi) is 6.19. The van der Waals surface area contributed by atoms with Gasteiger partial charge in [0.2, 0.25) is 0 Å². The summed E-state index contributed by atoms with van der Waals surface area (Å²) in [6, 6.07) is 4.25. The van der Waals surface area contributed by atoms with Crippen LogP contribution in [0.3, 0.4) is 0 Å². The van der Waals surface area contributed by atoms with Crippen LogP contribution in [-0.2, 0) is 13.1 Å². The zero-order valence-electron chi connectivity index (χ0n) is 10.4. The highest BCUT2D eigenvalue weighted by Gasteiger charge is 2.00. The van der Waals surface area contributed by atoms with Gasteiger partial charge in [-0.05, 0) is 44.4 Å². The summed E-state index contributed by atoms with van der Waals surface area (Å²) in [6.45, 7) is 7.55.